The van der Waals surface area contributed by atoms with Crippen LogP contribution in [-0.2, 0) is 29.0 Å². The van der Waals surface area contributed by atoms with Crippen molar-refractivity contribution < 1.29 is 38.1 Å². The molecule has 6 unspecified atom stereocenters. The number of aromatic nitrogens is 3. The minimum Gasteiger partial charge on any atom is -0.464 e. The summed E-state index contributed by atoms with van der Waals surface area (Å²) in [5.41, 5.74) is 2.04. The Bertz CT molecular complexity index is 1510. The van der Waals surface area contributed by atoms with E-state index in [4.69, 9.17) is 24.3 Å². The van der Waals surface area contributed by atoms with Crippen molar-refractivity contribution >= 4 is 25.1 Å². The lowest BCUT2D eigenvalue weighted by molar-refractivity contribution is -0.146. The number of benzene rings is 1. The number of carbonyl (C=O) groups is 1. The summed E-state index contributed by atoms with van der Waals surface area (Å²) >= 11 is 0. The average Bonchev–Trinajstić information content (AvgIpc) is 3.51. The zero-order valence-corrected chi connectivity index (χ0v) is 25.3. The fourth-order valence-electron chi connectivity index (χ4n) is 4.86. The number of para-hydroxylation sites is 1. The minimum atomic E-state index is -4.34. The predicted molar refractivity (Wildman–Crippen MR) is 154 cm³/mol. The molecule has 3 aromatic rings. The van der Waals surface area contributed by atoms with Crippen LogP contribution in [-0.4, -0.2) is 67.8 Å². The molecule has 1 fully saturated rings. The number of nitriles is 1. The van der Waals surface area contributed by atoms with Gasteiger partial charge in [-0.3, -0.25) is 9.32 Å². The van der Waals surface area contributed by atoms with Crippen LogP contribution >= 0.6 is 7.75 Å². The molecule has 14 nitrogen and oxygen atoms in total. The molecular weight excluding hydrogens is 579 g/mol. The number of nitrogens with one attached hydrogen (secondary N) is 1. The van der Waals surface area contributed by atoms with E-state index in [0.29, 0.717) is 5.52 Å². The van der Waals surface area contributed by atoms with Crippen LogP contribution in [0.1, 0.15) is 46.2 Å². The fourth-order valence-corrected chi connectivity index (χ4v) is 6.37. The van der Waals surface area contributed by atoms with Crippen molar-refractivity contribution in [3.8, 4) is 11.8 Å². The quantitative estimate of drug-likeness (QED) is 0.161. The number of nitrogen functional groups attached to an aromatic ring is 1. The van der Waals surface area contributed by atoms with Gasteiger partial charge < -0.3 is 29.9 Å². The van der Waals surface area contributed by atoms with E-state index in [0.717, 1.165) is 12.8 Å². The zero-order valence-electron chi connectivity index (χ0n) is 24.4. The molecule has 1 aliphatic heterocycles. The third-order valence-corrected chi connectivity index (χ3v) is 9.31. The maximum absolute atomic E-state index is 14.0. The summed E-state index contributed by atoms with van der Waals surface area (Å²) in [6, 6.07) is 12.1. The van der Waals surface area contributed by atoms with E-state index in [1.807, 2.05) is 19.9 Å². The minimum absolute atomic E-state index is 0.0846. The van der Waals surface area contributed by atoms with E-state index < -0.39 is 49.8 Å². The van der Waals surface area contributed by atoms with Gasteiger partial charge in [0.25, 0.3) is 0 Å². The molecule has 0 radical (unpaired) electrons. The van der Waals surface area contributed by atoms with Crippen LogP contribution < -0.4 is 15.3 Å². The van der Waals surface area contributed by atoms with Gasteiger partial charge in [0.1, 0.15) is 47.5 Å². The van der Waals surface area contributed by atoms with Crippen molar-refractivity contribution in [3.05, 3.63) is 54.5 Å². The van der Waals surface area contributed by atoms with Crippen molar-refractivity contribution in [2.75, 3.05) is 18.9 Å². The number of hydrogen-bond donors (Lipinski definition) is 4. The Hall–Kier alpha value is -3.57. The number of esters is 1. The normalized spacial score (nSPS) is 25.7. The monoisotopic (exact) mass is 616 g/mol. The van der Waals surface area contributed by atoms with Crippen molar-refractivity contribution in [1.29, 1.82) is 5.26 Å². The first kappa shape index (κ1) is 32.3. The van der Waals surface area contributed by atoms with Gasteiger partial charge in [-0.1, -0.05) is 44.9 Å². The van der Waals surface area contributed by atoms with E-state index in [9.17, 15) is 24.8 Å². The number of ether oxygens (including phenoxy) is 2. The molecule has 1 aliphatic rings. The summed E-state index contributed by atoms with van der Waals surface area (Å²) in [5.74, 6) is -0.156. The predicted octanol–water partition coefficient (Wildman–Crippen LogP) is 2.70. The van der Waals surface area contributed by atoms with E-state index in [2.05, 4.69) is 15.2 Å². The summed E-state index contributed by atoms with van der Waals surface area (Å²) in [4.78, 5) is 16.6. The number of nitrogens with two attached hydrogens (primary N) is 1. The molecule has 0 aliphatic carbocycles. The Morgan fingerprint density at radius 2 is 1.98 bits per heavy atom. The van der Waals surface area contributed by atoms with Crippen LogP contribution in [0, 0.1) is 17.2 Å². The van der Waals surface area contributed by atoms with Gasteiger partial charge in [0, 0.05) is 0 Å². The van der Waals surface area contributed by atoms with Crippen molar-refractivity contribution in [1.82, 2.24) is 19.7 Å². The van der Waals surface area contributed by atoms with Gasteiger partial charge in [0.05, 0.1) is 18.9 Å². The molecule has 5 N–H and O–H groups in total. The highest BCUT2D eigenvalue weighted by Gasteiger charge is 2.65. The molecule has 1 aromatic carbocycles. The molecule has 232 valence electrons. The summed E-state index contributed by atoms with van der Waals surface area (Å²) in [6.45, 7) is 6.30. The van der Waals surface area contributed by atoms with Crippen LogP contribution in [0.15, 0.2) is 48.8 Å². The van der Waals surface area contributed by atoms with Crippen molar-refractivity contribution in [3.63, 3.8) is 0 Å². The Kier molecular flexibility index (Phi) is 9.76. The molecule has 0 spiro atoms. The van der Waals surface area contributed by atoms with Gasteiger partial charge >= 0.3 is 13.7 Å². The van der Waals surface area contributed by atoms with Gasteiger partial charge in [-0.2, -0.15) is 15.4 Å². The van der Waals surface area contributed by atoms with Gasteiger partial charge in [0.2, 0.25) is 5.60 Å². The SMILES string of the molecule is CCC(CC)COC(=O)C(C)NP(=O)(OCC1OC(C#N)(c2ccc3c(N)ncnn23)C(C)(O)C1O)Oc1ccccc1. The number of aliphatic hydroxyl groups excluding tert-OH is 1. The number of nitrogens with zero attached hydrogens (tertiary/aromatic N) is 4. The lowest BCUT2D eigenvalue weighted by atomic mass is 9.80. The molecule has 0 amide bonds. The maximum atomic E-state index is 14.0. The Morgan fingerprint density at radius 1 is 1.28 bits per heavy atom. The van der Waals surface area contributed by atoms with Crippen molar-refractivity contribution in [2.24, 2.45) is 5.92 Å². The second-order valence-corrected chi connectivity index (χ2v) is 12.3. The van der Waals surface area contributed by atoms with Gasteiger partial charge in [-0.05, 0) is 44.0 Å². The van der Waals surface area contributed by atoms with E-state index in [1.165, 1.54) is 30.8 Å². The molecule has 0 saturated carbocycles. The zero-order chi connectivity index (χ0) is 31.4. The number of carbonyl (C=O) groups excluding carboxylic acids is 1. The molecule has 0 bridgehead atoms. The molecule has 1 saturated heterocycles. The van der Waals surface area contributed by atoms with Crippen LogP contribution in [0.3, 0.4) is 0 Å². The summed E-state index contributed by atoms with van der Waals surface area (Å²) < 4.78 is 38.0. The molecule has 15 heteroatoms. The highest BCUT2D eigenvalue weighted by Crippen LogP contribution is 2.50. The molecule has 4 rings (SSSR count). The van der Waals surface area contributed by atoms with E-state index >= 15 is 0 Å². The van der Waals surface area contributed by atoms with Crippen LogP contribution in [0.2, 0.25) is 0 Å². The second kappa shape index (κ2) is 13.0. The molecule has 43 heavy (non-hydrogen) atoms. The van der Waals surface area contributed by atoms with E-state index in [1.54, 1.807) is 36.4 Å². The number of rotatable bonds is 13. The Balaban J connectivity index is 1.57. The number of hydrogen-bond acceptors (Lipinski definition) is 12. The third kappa shape index (κ3) is 6.38. The summed E-state index contributed by atoms with van der Waals surface area (Å²) in [7, 11) is -4.34. The fraction of sp³-hybridized carbons (Fsp3) is 0.500. The molecule has 2 aromatic heterocycles. The number of aliphatic hydroxyl groups is 2. The van der Waals surface area contributed by atoms with Gasteiger partial charge in [0.15, 0.2) is 5.82 Å². The summed E-state index contributed by atoms with van der Waals surface area (Å²) in [6.07, 6.45) is -0.213. The highest BCUT2D eigenvalue weighted by atomic mass is 31.2. The standard InChI is InChI=1S/C28H37N6O8P/c1-5-19(6-2)14-39-26(36)18(3)33-43(38,42-20-10-8-7-9-11-20)40-15-22-24(35)27(4,37)28(16-29,41-22)23-13-12-21-25(30)31-17-32-34(21)23/h7-13,17-19,22,24,35,37H,5-6,14-15H2,1-4H3,(H,33,38)(H2,30,31,32). The molecule has 6 atom stereocenters. The number of fused-ring (bicyclic) bond motifs is 1. The topological polar surface area (TPSA) is 204 Å². The van der Waals surface area contributed by atoms with Crippen LogP contribution in [0.4, 0.5) is 5.82 Å². The highest BCUT2D eigenvalue weighted by molar-refractivity contribution is 7.52. The third-order valence-electron chi connectivity index (χ3n) is 7.67. The van der Waals surface area contributed by atoms with Crippen LogP contribution in [0.5, 0.6) is 5.75 Å². The van der Waals surface area contributed by atoms with Gasteiger partial charge in [-0.25, -0.2) is 14.1 Å². The summed E-state index contributed by atoms with van der Waals surface area (Å²) in [5, 5.41) is 39.6. The molecule has 3 heterocycles. The first-order chi connectivity index (χ1) is 20.4. The smallest absolute Gasteiger partial charge is 0.459 e. The average molecular weight is 617 g/mol. The lowest BCUT2D eigenvalue weighted by Gasteiger charge is -2.33. The lowest BCUT2D eigenvalue weighted by Crippen LogP contribution is -2.52. The molecular formula is C28H37N6O8P. The first-order valence-corrected chi connectivity index (χ1v) is 15.5. The largest absolute Gasteiger partial charge is 0.464 e. The Labute approximate surface area is 249 Å². The second-order valence-electron chi connectivity index (χ2n) is 10.6. The van der Waals surface area contributed by atoms with Gasteiger partial charge in [-0.15, -0.1) is 0 Å². The number of anilines is 1. The first-order valence-electron chi connectivity index (χ1n) is 13.9. The Morgan fingerprint density at radius 3 is 2.63 bits per heavy atom. The van der Waals surface area contributed by atoms with Crippen LogP contribution in [0.25, 0.3) is 5.52 Å². The van der Waals surface area contributed by atoms with E-state index in [-0.39, 0.29) is 29.8 Å². The van der Waals surface area contributed by atoms with Crippen molar-refractivity contribution in [2.45, 2.75) is 70.0 Å². The maximum Gasteiger partial charge on any atom is 0.459 e.